The summed E-state index contributed by atoms with van der Waals surface area (Å²) in [6.45, 7) is 1.06. The third-order valence-corrected chi connectivity index (χ3v) is 5.76. The first-order valence-corrected chi connectivity index (χ1v) is 8.26. The van der Waals surface area contributed by atoms with E-state index in [0.717, 1.165) is 30.9 Å². The third-order valence-electron chi connectivity index (χ3n) is 5.76. The third kappa shape index (κ3) is 1.97. The zero-order valence-corrected chi connectivity index (χ0v) is 13.3. The van der Waals surface area contributed by atoms with Gasteiger partial charge < -0.3 is 9.47 Å². The van der Waals surface area contributed by atoms with Crippen LogP contribution in [-0.4, -0.2) is 37.5 Å². The molecule has 2 heterocycles. The van der Waals surface area contributed by atoms with Gasteiger partial charge in [-0.2, -0.15) is 0 Å². The van der Waals surface area contributed by atoms with Crippen molar-refractivity contribution in [3.63, 3.8) is 0 Å². The van der Waals surface area contributed by atoms with Crippen molar-refractivity contribution >= 4 is 5.78 Å². The normalized spacial score (nSPS) is 30.5. The molecule has 1 saturated heterocycles. The molecule has 118 valence electrons. The van der Waals surface area contributed by atoms with Crippen LogP contribution >= 0.6 is 0 Å². The minimum absolute atomic E-state index is 0.232. The monoisotopic (exact) mass is 301 g/mol. The number of fused-ring (bicyclic) bond motifs is 5. The quantitative estimate of drug-likeness (QED) is 0.842. The summed E-state index contributed by atoms with van der Waals surface area (Å²) < 4.78 is 10.9. The number of hydrogen-bond donors (Lipinski definition) is 0. The summed E-state index contributed by atoms with van der Waals surface area (Å²) in [7, 11) is 3.34. The van der Waals surface area contributed by atoms with Crippen molar-refractivity contribution in [2.45, 2.75) is 44.2 Å². The van der Waals surface area contributed by atoms with Crippen LogP contribution in [0.25, 0.3) is 0 Å². The zero-order valence-electron chi connectivity index (χ0n) is 13.3. The van der Waals surface area contributed by atoms with E-state index < -0.39 is 0 Å². The Morgan fingerprint density at radius 3 is 2.68 bits per heavy atom. The lowest BCUT2D eigenvalue weighted by atomic mass is 9.79. The number of benzene rings is 1. The molecule has 3 aliphatic rings. The number of ether oxygens (including phenoxy) is 2. The largest absolute Gasteiger partial charge is 0.493 e. The second-order valence-corrected chi connectivity index (χ2v) is 6.68. The van der Waals surface area contributed by atoms with Gasteiger partial charge >= 0.3 is 0 Å². The lowest BCUT2D eigenvalue weighted by molar-refractivity contribution is -0.131. The minimum atomic E-state index is 0.232. The van der Waals surface area contributed by atoms with Gasteiger partial charge in [-0.05, 0) is 42.5 Å². The fraction of sp³-hybridized carbons (Fsp3) is 0.611. The Hall–Kier alpha value is -1.55. The molecule has 4 heteroatoms. The molecule has 2 fully saturated rings. The van der Waals surface area contributed by atoms with Crippen LogP contribution in [-0.2, 0) is 11.2 Å². The highest BCUT2D eigenvalue weighted by Crippen LogP contribution is 2.47. The van der Waals surface area contributed by atoms with E-state index >= 15 is 0 Å². The molecule has 22 heavy (non-hydrogen) atoms. The molecule has 1 aromatic carbocycles. The van der Waals surface area contributed by atoms with Crippen LogP contribution in [0, 0.1) is 5.92 Å². The topological polar surface area (TPSA) is 38.8 Å². The average molecular weight is 301 g/mol. The van der Waals surface area contributed by atoms with Crippen LogP contribution in [0.2, 0.25) is 0 Å². The summed E-state index contributed by atoms with van der Waals surface area (Å²) in [6.07, 6.45) is 5.15. The maximum absolute atomic E-state index is 12.5. The highest BCUT2D eigenvalue weighted by molar-refractivity contribution is 5.84. The van der Waals surface area contributed by atoms with Crippen molar-refractivity contribution < 1.29 is 14.3 Å². The van der Waals surface area contributed by atoms with Crippen LogP contribution in [0.4, 0.5) is 0 Å². The molecule has 0 N–H and O–H groups in total. The SMILES string of the molecule is COc1cc2c(cc1OC)[C@@H]1CC(=O)[C@H]3CCC[C@H]3N1CC2. The summed E-state index contributed by atoms with van der Waals surface area (Å²) >= 11 is 0. The standard InChI is InChI=1S/C18H23NO3/c1-21-17-8-11-6-7-19-14-5-3-4-12(14)16(20)10-15(19)13(11)9-18(17)22-2/h8-9,12,14-15H,3-7,10H2,1-2H3/t12-,14+,15-/m0/s1. The fourth-order valence-electron chi connectivity index (χ4n) is 4.73. The Kier molecular flexibility index (Phi) is 3.37. The summed E-state index contributed by atoms with van der Waals surface area (Å²) in [4.78, 5) is 15.1. The van der Waals surface area contributed by atoms with Crippen LogP contribution in [0.1, 0.15) is 42.9 Å². The number of methoxy groups -OCH3 is 2. The van der Waals surface area contributed by atoms with E-state index in [2.05, 4.69) is 17.0 Å². The van der Waals surface area contributed by atoms with Crippen LogP contribution in [0.5, 0.6) is 11.5 Å². The van der Waals surface area contributed by atoms with Crippen molar-refractivity contribution in [3.8, 4) is 11.5 Å². The van der Waals surface area contributed by atoms with Crippen LogP contribution < -0.4 is 9.47 Å². The van der Waals surface area contributed by atoms with E-state index in [-0.39, 0.29) is 12.0 Å². The Labute approximate surface area is 131 Å². The van der Waals surface area contributed by atoms with E-state index in [1.54, 1.807) is 14.2 Å². The zero-order chi connectivity index (χ0) is 15.3. The second kappa shape index (κ2) is 5.27. The van der Waals surface area contributed by atoms with Crippen molar-refractivity contribution in [3.05, 3.63) is 23.3 Å². The average Bonchev–Trinajstić information content (AvgIpc) is 3.04. The van der Waals surface area contributed by atoms with Crippen molar-refractivity contribution in [2.75, 3.05) is 20.8 Å². The minimum Gasteiger partial charge on any atom is -0.493 e. The molecule has 0 spiro atoms. The van der Waals surface area contributed by atoms with E-state index in [1.807, 2.05) is 0 Å². The van der Waals surface area contributed by atoms with Gasteiger partial charge in [0.25, 0.3) is 0 Å². The molecule has 0 aromatic heterocycles. The van der Waals surface area contributed by atoms with E-state index in [4.69, 9.17) is 9.47 Å². The molecule has 0 amide bonds. The lowest BCUT2D eigenvalue weighted by Gasteiger charge is -2.46. The lowest BCUT2D eigenvalue weighted by Crippen LogP contribution is -2.51. The summed E-state index contributed by atoms with van der Waals surface area (Å²) in [5, 5.41) is 0. The molecule has 2 aliphatic heterocycles. The number of nitrogens with zero attached hydrogens (tertiary/aromatic N) is 1. The molecule has 0 bridgehead atoms. The first kappa shape index (κ1) is 14.1. The van der Waals surface area contributed by atoms with Gasteiger partial charge in [-0.3, -0.25) is 9.69 Å². The van der Waals surface area contributed by atoms with Crippen LogP contribution in [0.15, 0.2) is 12.1 Å². The molecule has 3 atom stereocenters. The maximum Gasteiger partial charge on any atom is 0.161 e. The molecule has 0 radical (unpaired) electrons. The van der Waals surface area contributed by atoms with E-state index in [9.17, 15) is 4.79 Å². The fourth-order valence-corrected chi connectivity index (χ4v) is 4.73. The van der Waals surface area contributed by atoms with Crippen molar-refractivity contribution in [2.24, 2.45) is 5.92 Å². The second-order valence-electron chi connectivity index (χ2n) is 6.68. The van der Waals surface area contributed by atoms with Gasteiger partial charge in [0.05, 0.1) is 14.2 Å². The first-order chi connectivity index (χ1) is 10.7. The van der Waals surface area contributed by atoms with E-state index in [0.29, 0.717) is 18.2 Å². The number of hydrogen-bond acceptors (Lipinski definition) is 4. The number of carbonyl (C=O) groups excluding carboxylic acids is 1. The molecular formula is C18H23NO3. The highest BCUT2D eigenvalue weighted by Gasteiger charge is 2.46. The predicted molar refractivity (Wildman–Crippen MR) is 83.5 cm³/mol. The summed E-state index contributed by atoms with van der Waals surface area (Å²) in [5.74, 6) is 2.31. The van der Waals surface area contributed by atoms with Crippen LogP contribution in [0.3, 0.4) is 0 Å². The van der Waals surface area contributed by atoms with E-state index in [1.165, 1.54) is 24.0 Å². The smallest absolute Gasteiger partial charge is 0.161 e. The van der Waals surface area contributed by atoms with Gasteiger partial charge in [-0.15, -0.1) is 0 Å². The summed E-state index contributed by atoms with van der Waals surface area (Å²) in [6, 6.07) is 4.88. The van der Waals surface area contributed by atoms with Gasteiger partial charge in [0.2, 0.25) is 0 Å². The van der Waals surface area contributed by atoms with Gasteiger partial charge in [0.15, 0.2) is 11.5 Å². The first-order valence-electron chi connectivity index (χ1n) is 8.26. The maximum atomic E-state index is 12.5. The number of carbonyl (C=O) groups is 1. The van der Waals surface area contributed by atoms with Gasteiger partial charge in [0.1, 0.15) is 5.78 Å². The number of Topliss-reactive ketones (excluding diaryl/α,β-unsaturated/α-hetero) is 1. The molecule has 1 aromatic rings. The molecule has 4 rings (SSSR count). The predicted octanol–water partition coefficient (Wildman–Crippen LogP) is 2.74. The van der Waals surface area contributed by atoms with Gasteiger partial charge in [-0.1, -0.05) is 6.42 Å². The molecule has 1 saturated carbocycles. The number of ketones is 1. The Bertz CT molecular complexity index is 613. The number of rotatable bonds is 2. The summed E-state index contributed by atoms with van der Waals surface area (Å²) in [5.41, 5.74) is 2.57. The van der Waals surface area contributed by atoms with Gasteiger partial charge in [0, 0.05) is 31.0 Å². The van der Waals surface area contributed by atoms with Crippen molar-refractivity contribution in [1.82, 2.24) is 4.90 Å². The Morgan fingerprint density at radius 1 is 1.14 bits per heavy atom. The van der Waals surface area contributed by atoms with Gasteiger partial charge in [-0.25, -0.2) is 0 Å². The highest BCUT2D eigenvalue weighted by atomic mass is 16.5. The number of piperidine rings is 1. The Balaban J connectivity index is 1.75. The van der Waals surface area contributed by atoms with Crippen molar-refractivity contribution in [1.29, 1.82) is 0 Å². The molecule has 4 nitrogen and oxygen atoms in total. The molecule has 0 unspecified atom stereocenters. The molecule has 1 aliphatic carbocycles. The molecular weight excluding hydrogens is 278 g/mol. The Morgan fingerprint density at radius 2 is 1.91 bits per heavy atom.